The van der Waals surface area contributed by atoms with Crippen LogP contribution in [0.25, 0.3) is 11.2 Å². The molecule has 1 saturated heterocycles. The maximum Gasteiger partial charge on any atom is 0.426 e. The van der Waals surface area contributed by atoms with Gasteiger partial charge in [-0.05, 0) is 18.0 Å². The molecule has 0 saturated carbocycles. The molecule has 2 aromatic rings. The van der Waals surface area contributed by atoms with Crippen molar-refractivity contribution in [2.75, 3.05) is 6.61 Å². The number of alkyl halides is 3. The Bertz CT molecular complexity index is 971. The van der Waals surface area contributed by atoms with Crippen LogP contribution in [0.4, 0.5) is 13.2 Å². The van der Waals surface area contributed by atoms with E-state index in [1.165, 1.54) is 10.9 Å². The number of hydrogen-bond donors (Lipinski definition) is 4. The van der Waals surface area contributed by atoms with Crippen LogP contribution >= 0.6 is 19.2 Å². The summed E-state index contributed by atoms with van der Waals surface area (Å²) in [5.74, 6) is -3.40. The zero-order valence-corrected chi connectivity index (χ0v) is 16.8. The largest absolute Gasteiger partial charge is 0.426 e. The van der Waals surface area contributed by atoms with E-state index in [4.69, 9.17) is 26.1 Å². The van der Waals surface area contributed by atoms with Gasteiger partial charge in [0, 0.05) is 0 Å². The summed E-state index contributed by atoms with van der Waals surface area (Å²) in [6.07, 6.45) is -9.87. The zero-order chi connectivity index (χ0) is 22.4. The van der Waals surface area contributed by atoms with Crippen LogP contribution in [0.2, 0.25) is 5.28 Å². The van der Waals surface area contributed by atoms with E-state index in [-0.39, 0.29) is 10.9 Å². The standard InChI is InChI=1S/C14H17ClF3N4O7P/c1-2-5-7-10(21-13(15)20-5)22(4-19-7)11-9(24)8(23)6(29-11)3-28-12(14(16,17)18)30(25,26)27/h4,6,8-9,11-12,23-24H,2-3H2,1H3,(H2,25,26,27)/t6-,8-,9-,11-,12?/m1/s1. The minimum Gasteiger partial charge on any atom is -0.387 e. The fourth-order valence-corrected chi connectivity index (χ4v) is 3.89. The lowest BCUT2D eigenvalue weighted by atomic mass is 10.1. The summed E-state index contributed by atoms with van der Waals surface area (Å²) < 4.78 is 60.5. The molecule has 168 valence electrons. The van der Waals surface area contributed by atoms with E-state index in [0.717, 1.165) is 0 Å². The van der Waals surface area contributed by atoms with E-state index in [9.17, 15) is 27.9 Å². The van der Waals surface area contributed by atoms with E-state index in [1.54, 1.807) is 6.92 Å². The van der Waals surface area contributed by atoms with Gasteiger partial charge in [0.1, 0.15) is 23.8 Å². The number of aliphatic hydroxyl groups is 2. The van der Waals surface area contributed by atoms with Gasteiger partial charge in [0.15, 0.2) is 11.9 Å². The van der Waals surface area contributed by atoms with Crippen molar-refractivity contribution < 1.29 is 47.2 Å². The van der Waals surface area contributed by atoms with Crippen LogP contribution in [-0.4, -0.2) is 76.5 Å². The number of fused-ring (bicyclic) bond motifs is 1. The van der Waals surface area contributed by atoms with Crippen LogP contribution in [0.1, 0.15) is 18.8 Å². The molecule has 1 aliphatic rings. The molecule has 5 atom stereocenters. The summed E-state index contributed by atoms with van der Waals surface area (Å²) in [5, 5.41) is 20.4. The second-order valence-corrected chi connectivity index (χ2v) is 8.46. The number of aliphatic hydroxyl groups excluding tert-OH is 2. The first-order valence-electron chi connectivity index (χ1n) is 8.48. The first kappa shape index (κ1) is 23.3. The third kappa shape index (κ3) is 4.46. The van der Waals surface area contributed by atoms with Crippen LogP contribution in [0.5, 0.6) is 0 Å². The molecule has 0 amide bonds. The highest BCUT2D eigenvalue weighted by Gasteiger charge is 2.53. The van der Waals surface area contributed by atoms with Crippen LogP contribution in [-0.2, 0) is 20.5 Å². The lowest BCUT2D eigenvalue weighted by Gasteiger charge is -2.23. The summed E-state index contributed by atoms with van der Waals surface area (Å²) in [4.78, 5) is 29.9. The van der Waals surface area contributed by atoms with Gasteiger partial charge in [-0.2, -0.15) is 18.2 Å². The molecule has 1 unspecified atom stereocenters. The normalized spacial score (nSPS) is 26.4. The van der Waals surface area contributed by atoms with Gasteiger partial charge in [0.25, 0.3) is 5.85 Å². The topological polar surface area (TPSA) is 160 Å². The summed E-state index contributed by atoms with van der Waals surface area (Å²) in [6.45, 7) is 0.750. The van der Waals surface area contributed by atoms with Crippen molar-refractivity contribution in [1.29, 1.82) is 0 Å². The van der Waals surface area contributed by atoms with Gasteiger partial charge in [-0.15, -0.1) is 0 Å². The van der Waals surface area contributed by atoms with Crippen molar-refractivity contribution >= 4 is 30.4 Å². The first-order chi connectivity index (χ1) is 13.8. The zero-order valence-electron chi connectivity index (χ0n) is 15.1. The van der Waals surface area contributed by atoms with Gasteiger partial charge in [-0.1, -0.05) is 6.92 Å². The van der Waals surface area contributed by atoms with Gasteiger partial charge in [0.05, 0.1) is 18.6 Å². The molecule has 0 aromatic carbocycles. The monoisotopic (exact) mass is 476 g/mol. The van der Waals surface area contributed by atoms with E-state index in [0.29, 0.717) is 17.6 Å². The minimum atomic E-state index is -5.69. The molecule has 0 aliphatic carbocycles. The lowest BCUT2D eigenvalue weighted by molar-refractivity contribution is -0.206. The second kappa shape index (κ2) is 8.28. The van der Waals surface area contributed by atoms with Crippen molar-refractivity contribution in [3.05, 3.63) is 17.3 Å². The SMILES string of the molecule is CCc1nc(Cl)nc2c1ncn2[C@@H]1O[C@H](COC(C(F)(F)F)P(=O)(O)O)[C@@H](O)[C@H]1O. The van der Waals surface area contributed by atoms with Crippen molar-refractivity contribution in [2.45, 2.75) is 49.9 Å². The van der Waals surface area contributed by atoms with E-state index in [2.05, 4.69) is 19.7 Å². The quantitative estimate of drug-likeness (QED) is 0.346. The second-order valence-electron chi connectivity index (χ2n) is 6.48. The van der Waals surface area contributed by atoms with Gasteiger partial charge in [-0.3, -0.25) is 9.13 Å². The number of ether oxygens (including phenoxy) is 2. The molecule has 3 heterocycles. The summed E-state index contributed by atoms with van der Waals surface area (Å²) in [7, 11) is -5.69. The Hall–Kier alpha value is -1.38. The number of aryl methyl sites for hydroxylation is 1. The lowest BCUT2D eigenvalue weighted by Crippen LogP contribution is -2.38. The van der Waals surface area contributed by atoms with Gasteiger partial charge in [0.2, 0.25) is 5.28 Å². The third-order valence-corrected chi connectivity index (χ3v) is 5.64. The first-order valence-corrected chi connectivity index (χ1v) is 10.5. The van der Waals surface area contributed by atoms with Gasteiger partial charge >= 0.3 is 13.8 Å². The molecule has 0 spiro atoms. The molecule has 0 radical (unpaired) electrons. The predicted octanol–water partition coefficient (Wildman–Crippen LogP) is 0.744. The van der Waals surface area contributed by atoms with Crippen molar-refractivity contribution in [1.82, 2.24) is 19.5 Å². The van der Waals surface area contributed by atoms with Gasteiger partial charge in [-0.25, -0.2) is 9.97 Å². The van der Waals surface area contributed by atoms with Crippen LogP contribution < -0.4 is 0 Å². The van der Waals surface area contributed by atoms with Crippen LogP contribution in [0.3, 0.4) is 0 Å². The highest BCUT2D eigenvalue weighted by Crippen LogP contribution is 2.50. The fourth-order valence-electron chi connectivity index (χ4n) is 3.04. The number of halogens is 4. The average Bonchev–Trinajstić information content (AvgIpc) is 3.14. The molecule has 1 fully saturated rings. The van der Waals surface area contributed by atoms with Gasteiger partial charge < -0.3 is 29.5 Å². The maximum atomic E-state index is 12.8. The summed E-state index contributed by atoms with van der Waals surface area (Å²) in [6, 6.07) is 0. The Morgan fingerprint density at radius 3 is 2.57 bits per heavy atom. The van der Waals surface area contributed by atoms with Crippen molar-refractivity contribution in [3.8, 4) is 0 Å². The summed E-state index contributed by atoms with van der Waals surface area (Å²) >= 11 is 5.89. The van der Waals surface area contributed by atoms with E-state index < -0.39 is 50.8 Å². The molecule has 3 rings (SSSR count). The number of nitrogens with zero attached hydrogens (tertiary/aromatic N) is 4. The Labute approximate surface area is 171 Å². The molecule has 0 bridgehead atoms. The predicted molar refractivity (Wildman–Crippen MR) is 93.5 cm³/mol. The fraction of sp³-hybridized carbons (Fsp3) is 0.643. The molecule has 2 aromatic heterocycles. The molecule has 11 nitrogen and oxygen atoms in total. The Kier molecular flexibility index (Phi) is 6.43. The third-order valence-electron chi connectivity index (χ3n) is 4.42. The number of rotatable bonds is 6. The van der Waals surface area contributed by atoms with E-state index >= 15 is 0 Å². The van der Waals surface area contributed by atoms with E-state index in [1.807, 2.05) is 0 Å². The Balaban J connectivity index is 1.83. The summed E-state index contributed by atoms with van der Waals surface area (Å²) in [5.41, 5.74) is 1.02. The number of hydrogen-bond acceptors (Lipinski definition) is 8. The van der Waals surface area contributed by atoms with Crippen molar-refractivity contribution in [3.63, 3.8) is 0 Å². The highest BCUT2D eigenvalue weighted by atomic mass is 35.5. The Morgan fingerprint density at radius 1 is 1.33 bits per heavy atom. The van der Waals surface area contributed by atoms with Crippen molar-refractivity contribution in [2.24, 2.45) is 0 Å². The average molecular weight is 477 g/mol. The molecular formula is C14H17ClF3N4O7P. The molecular weight excluding hydrogens is 460 g/mol. The number of imidazole rings is 1. The smallest absolute Gasteiger partial charge is 0.387 e. The Morgan fingerprint density at radius 2 is 2.00 bits per heavy atom. The maximum absolute atomic E-state index is 12.8. The molecule has 1 aliphatic heterocycles. The number of aromatic nitrogens is 4. The highest BCUT2D eigenvalue weighted by molar-refractivity contribution is 7.52. The van der Waals surface area contributed by atoms with Crippen LogP contribution in [0.15, 0.2) is 6.33 Å². The molecule has 4 N–H and O–H groups in total. The molecule has 30 heavy (non-hydrogen) atoms. The minimum absolute atomic E-state index is 0.108. The molecule has 16 heteroatoms. The van der Waals surface area contributed by atoms with Crippen LogP contribution in [0, 0.1) is 0 Å².